The van der Waals surface area contributed by atoms with Crippen LogP contribution in [0, 0.1) is 13.8 Å². The lowest BCUT2D eigenvalue weighted by Gasteiger charge is -2.06. The largest absolute Gasteiger partial charge is 0.361 e. The number of aromatic nitrogens is 3. The second kappa shape index (κ2) is 4.64. The summed E-state index contributed by atoms with van der Waals surface area (Å²) < 4.78 is 2.22. The van der Waals surface area contributed by atoms with Crippen molar-refractivity contribution in [3.05, 3.63) is 45.6 Å². The van der Waals surface area contributed by atoms with Gasteiger partial charge in [0, 0.05) is 27.5 Å². The van der Waals surface area contributed by atoms with E-state index in [2.05, 4.69) is 57.1 Å². The molecule has 0 fully saturated rings. The first-order valence-corrected chi connectivity index (χ1v) is 8.26. The van der Waals surface area contributed by atoms with Crippen LogP contribution in [0.3, 0.4) is 0 Å². The number of rotatable bonds is 1. The average molecular weight is 358 g/mol. The quantitative estimate of drug-likeness (QED) is 0.507. The highest BCUT2D eigenvalue weighted by atomic mass is 79.9. The Morgan fingerprint density at radius 3 is 2.86 bits per heavy atom. The van der Waals surface area contributed by atoms with Gasteiger partial charge in [0.25, 0.3) is 0 Å². The van der Waals surface area contributed by atoms with Crippen molar-refractivity contribution in [2.45, 2.75) is 13.8 Å². The molecule has 0 spiro atoms. The number of hydrogen-bond donors (Lipinski definition) is 1. The molecule has 1 aromatic carbocycles. The van der Waals surface area contributed by atoms with Crippen molar-refractivity contribution in [1.29, 1.82) is 0 Å². The Labute approximate surface area is 134 Å². The van der Waals surface area contributed by atoms with Gasteiger partial charge in [-0.1, -0.05) is 12.1 Å². The van der Waals surface area contributed by atoms with Gasteiger partial charge < -0.3 is 4.98 Å². The number of hydrogen-bond acceptors (Lipinski definition) is 3. The van der Waals surface area contributed by atoms with Gasteiger partial charge in [-0.05, 0) is 41.9 Å². The fraction of sp³-hybridized carbons (Fsp3) is 0.125. The van der Waals surface area contributed by atoms with Crippen LogP contribution in [-0.2, 0) is 0 Å². The van der Waals surface area contributed by atoms with Gasteiger partial charge in [-0.2, -0.15) is 0 Å². The molecule has 21 heavy (non-hydrogen) atoms. The minimum absolute atomic E-state index is 0.795. The maximum atomic E-state index is 4.72. The summed E-state index contributed by atoms with van der Waals surface area (Å²) in [5.41, 5.74) is 4.30. The van der Waals surface area contributed by atoms with Crippen molar-refractivity contribution in [3.63, 3.8) is 0 Å². The molecule has 3 heterocycles. The van der Waals surface area contributed by atoms with Crippen LogP contribution >= 0.6 is 27.3 Å². The second-order valence-electron chi connectivity index (χ2n) is 5.01. The summed E-state index contributed by atoms with van der Waals surface area (Å²) in [7, 11) is 0. The Morgan fingerprint density at radius 2 is 2.00 bits per heavy atom. The number of nitrogens with one attached hydrogen (secondary N) is 1. The number of fused-ring (bicyclic) bond motifs is 2. The second-order valence-corrected chi connectivity index (χ2v) is 7.03. The van der Waals surface area contributed by atoms with Crippen LogP contribution in [-0.4, -0.2) is 15.0 Å². The van der Waals surface area contributed by atoms with E-state index in [-0.39, 0.29) is 0 Å². The summed E-state index contributed by atoms with van der Waals surface area (Å²) >= 11 is 5.39. The van der Waals surface area contributed by atoms with E-state index >= 15 is 0 Å². The molecule has 0 saturated heterocycles. The van der Waals surface area contributed by atoms with Crippen LogP contribution in [0.1, 0.15) is 10.7 Å². The van der Waals surface area contributed by atoms with E-state index in [0.29, 0.717) is 0 Å². The summed E-state index contributed by atoms with van der Waals surface area (Å²) in [6.45, 7) is 4.05. The maximum absolute atomic E-state index is 4.72. The number of aromatic amines is 1. The maximum Gasteiger partial charge on any atom is 0.126 e. The van der Waals surface area contributed by atoms with Crippen LogP contribution in [0.25, 0.3) is 32.4 Å². The Balaban J connectivity index is 2.15. The van der Waals surface area contributed by atoms with Crippen LogP contribution in [0.2, 0.25) is 0 Å². The molecule has 0 aliphatic carbocycles. The Bertz CT molecular complexity index is 984. The van der Waals surface area contributed by atoms with Gasteiger partial charge in [0.05, 0.1) is 20.4 Å². The predicted octanol–water partition coefficient (Wildman–Crippen LogP) is 5.22. The van der Waals surface area contributed by atoms with Crippen LogP contribution in [0.4, 0.5) is 0 Å². The molecule has 0 unspecified atom stereocenters. The van der Waals surface area contributed by atoms with E-state index in [1.165, 1.54) is 10.3 Å². The topological polar surface area (TPSA) is 41.6 Å². The van der Waals surface area contributed by atoms with Crippen molar-refractivity contribution in [2.24, 2.45) is 0 Å². The molecule has 4 rings (SSSR count). The molecule has 1 N–H and O–H groups in total. The number of nitrogens with zero attached hydrogens (tertiary/aromatic N) is 2. The van der Waals surface area contributed by atoms with Crippen molar-refractivity contribution in [2.75, 3.05) is 0 Å². The number of thiophene rings is 1. The number of aryl methyl sites for hydroxylation is 2. The molecule has 3 nitrogen and oxygen atoms in total. The molecule has 104 valence electrons. The molecule has 0 saturated carbocycles. The fourth-order valence-electron chi connectivity index (χ4n) is 2.65. The number of halogens is 1. The monoisotopic (exact) mass is 357 g/mol. The lowest BCUT2D eigenvalue weighted by molar-refractivity contribution is 1.10. The SMILES string of the molecule is Cc1nc(-c2cccc3[nH]ccc23)c2sc(C)c(Br)c2n1. The molecule has 0 aliphatic heterocycles. The molecule has 0 atom stereocenters. The highest BCUT2D eigenvalue weighted by Gasteiger charge is 2.16. The Hall–Kier alpha value is -1.72. The van der Waals surface area contributed by atoms with E-state index in [0.717, 1.165) is 37.3 Å². The first-order chi connectivity index (χ1) is 10.1. The molecule has 0 amide bonds. The third-order valence-electron chi connectivity index (χ3n) is 3.60. The fourth-order valence-corrected chi connectivity index (χ4v) is 4.30. The van der Waals surface area contributed by atoms with E-state index in [1.54, 1.807) is 11.3 Å². The van der Waals surface area contributed by atoms with E-state index < -0.39 is 0 Å². The molecular formula is C16H12BrN3S. The Kier molecular flexibility index (Phi) is 2.87. The smallest absolute Gasteiger partial charge is 0.126 e. The first kappa shape index (κ1) is 13.0. The normalized spacial score (nSPS) is 11.6. The highest BCUT2D eigenvalue weighted by molar-refractivity contribution is 9.10. The minimum Gasteiger partial charge on any atom is -0.361 e. The van der Waals surface area contributed by atoms with Crippen molar-refractivity contribution >= 4 is 48.4 Å². The van der Waals surface area contributed by atoms with Gasteiger partial charge in [0.2, 0.25) is 0 Å². The van der Waals surface area contributed by atoms with Gasteiger partial charge in [-0.15, -0.1) is 11.3 Å². The molecule has 0 aliphatic rings. The highest BCUT2D eigenvalue weighted by Crippen LogP contribution is 2.40. The lowest BCUT2D eigenvalue weighted by atomic mass is 10.1. The molecule has 3 aromatic heterocycles. The molecule has 4 aromatic rings. The summed E-state index contributed by atoms with van der Waals surface area (Å²) in [6, 6.07) is 8.37. The first-order valence-electron chi connectivity index (χ1n) is 6.65. The van der Waals surface area contributed by atoms with Gasteiger partial charge >= 0.3 is 0 Å². The molecule has 0 radical (unpaired) electrons. The molecule has 5 heteroatoms. The van der Waals surface area contributed by atoms with Crippen molar-refractivity contribution < 1.29 is 0 Å². The zero-order valence-corrected chi connectivity index (χ0v) is 14.0. The average Bonchev–Trinajstić information content (AvgIpc) is 3.05. The standard InChI is InChI=1S/C16H12BrN3S/c1-8-13(17)15-16(21-8)14(19-9(2)20-15)11-4-3-5-12-10(11)6-7-18-12/h3-7,18H,1-2H3. The Morgan fingerprint density at radius 1 is 1.14 bits per heavy atom. The van der Waals surface area contributed by atoms with E-state index in [9.17, 15) is 0 Å². The number of benzene rings is 1. The third kappa shape index (κ3) is 1.92. The zero-order valence-electron chi connectivity index (χ0n) is 11.6. The molecular weight excluding hydrogens is 346 g/mol. The van der Waals surface area contributed by atoms with E-state index in [1.807, 2.05) is 13.1 Å². The number of H-pyrrole nitrogens is 1. The van der Waals surface area contributed by atoms with Crippen LogP contribution < -0.4 is 0 Å². The predicted molar refractivity (Wildman–Crippen MR) is 91.9 cm³/mol. The third-order valence-corrected chi connectivity index (χ3v) is 5.93. The summed E-state index contributed by atoms with van der Waals surface area (Å²) in [5.74, 6) is 0.795. The lowest BCUT2D eigenvalue weighted by Crippen LogP contribution is -1.92. The summed E-state index contributed by atoms with van der Waals surface area (Å²) in [5, 5.41) is 1.19. The zero-order chi connectivity index (χ0) is 14.6. The van der Waals surface area contributed by atoms with Gasteiger partial charge in [-0.25, -0.2) is 9.97 Å². The minimum atomic E-state index is 0.795. The van der Waals surface area contributed by atoms with E-state index in [4.69, 9.17) is 4.98 Å². The van der Waals surface area contributed by atoms with Gasteiger partial charge in [0.15, 0.2) is 0 Å². The van der Waals surface area contributed by atoms with Gasteiger partial charge in [0.1, 0.15) is 5.82 Å². The van der Waals surface area contributed by atoms with Crippen molar-refractivity contribution in [3.8, 4) is 11.3 Å². The summed E-state index contributed by atoms with van der Waals surface area (Å²) in [4.78, 5) is 13.8. The van der Waals surface area contributed by atoms with Crippen LogP contribution in [0.15, 0.2) is 34.9 Å². The molecule has 0 bridgehead atoms. The summed E-state index contributed by atoms with van der Waals surface area (Å²) in [6.07, 6.45) is 1.97. The van der Waals surface area contributed by atoms with Crippen molar-refractivity contribution in [1.82, 2.24) is 15.0 Å². The van der Waals surface area contributed by atoms with Crippen LogP contribution in [0.5, 0.6) is 0 Å². The van der Waals surface area contributed by atoms with Gasteiger partial charge in [-0.3, -0.25) is 0 Å².